The summed E-state index contributed by atoms with van der Waals surface area (Å²) in [6, 6.07) is 11.6. The van der Waals surface area contributed by atoms with Crippen LogP contribution in [0.1, 0.15) is 23.1 Å². The summed E-state index contributed by atoms with van der Waals surface area (Å²) in [4.78, 5) is 0. The Morgan fingerprint density at radius 3 is 2.74 bits per heavy atom. The van der Waals surface area contributed by atoms with E-state index in [-0.39, 0.29) is 5.82 Å². The molecule has 0 fully saturated rings. The van der Waals surface area contributed by atoms with Crippen LogP contribution in [0.5, 0.6) is 0 Å². The first-order chi connectivity index (χ1) is 9.22. The molecule has 0 aliphatic heterocycles. The Morgan fingerprint density at radius 1 is 1.05 bits per heavy atom. The second-order valence-corrected chi connectivity index (χ2v) is 6.10. The Balaban J connectivity index is 1.72. The lowest BCUT2D eigenvalue weighted by molar-refractivity contribution is 0.627. The lowest BCUT2D eigenvalue weighted by Gasteiger charge is -2.10. The van der Waals surface area contributed by atoms with Crippen molar-refractivity contribution in [3.05, 3.63) is 62.5 Å². The maximum atomic E-state index is 13.0. The van der Waals surface area contributed by atoms with Crippen molar-refractivity contribution in [3.8, 4) is 0 Å². The van der Waals surface area contributed by atoms with Crippen LogP contribution < -0.4 is 5.32 Å². The van der Waals surface area contributed by atoms with Crippen molar-refractivity contribution >= 4 is 28.3 Å². The highest BCUT2D eigenvalue weighted by molar-refractivity contribution is 14.1. The highest BCUT2D eigenvalue weighted by Gasteiger charge is 2.10. The maximum Gasteiger partial charge on any atom is 0.124 e. The zero-order chi connectivity index (χ0) is 13.2. The van der Waals surface area contributed by atoms with Crippen LogP contribution >= 0.6 is 22.6 Å². The van der Waals surface area contributed by atoms with Crippen molar-refractivity contribution < 1.29 is 4.39 Å². The molecule has 1 aliphatic rings. The van der Waals surface area contributed by atoms with Gasteiger partial charge in [-0.05, 0) is 76.7 Å². The molecule has 2 aromatic rings. The number of anilines is 1. The molecule has 1 N–H and O–H groups in total. The number of halogens is 2. The molecule has 0 radical (unpaired) electrons. The number of hydrogen-bond acceptors (Lipinski definition) is 1. The predicted octanol–water partition coefficient (Wildman–Crippen LogP) is 4.53. The van der Waals surface area contributed by atoms with E-state index in [9.17, 15) is 4.39 Å². The zero-order valence-corrected chi connectivity index (χ0v) is 12.7. The molecule has 1 aliphatic carbocycles. The molecular weight excluding hydrogens is 352 g/mol. The summed E-state index contributed by atoms with van der Waals surface area (Å²) in [5, 5.41) is 3.37. The van der Waals surface area contributed by atoms with E-state index < -0.39 is 0 Å². The van der Waals surface area contributed by atoms with Crippen LogP contribution in [0.15, 0.2) is 36.4 Å². The smallest absolute Gasteiger partial charge is 0.124 e. The van der Waals surface area contributed by atoms with Gasteiger partial charge in [0.15, 0.2) is 0 Å². The van der Waals surface area contributed by atoms with Gasteiger partial charge < -0.3 is 5.32 Å². The Labute approximate surface area is 126 Å². The lowest BCUT2D eigenvalue weighted by atomic mass is 10.1. The van der Waals surface area contributed by atoms with Crippen LogP contribution in [-0.4, -0.2) is 0 Å². The number of rotatable bonds is 3. The van der Waals surface area contributed by atoms with Crippen LogP contribution in [0.3, 0.4) is 0 Å². The molecule has 3 rings (SSSR count). The topological polar surface area (TPSA) is 12.0 Å². The highest BCUT2D eigenvalue weighted by Crippen LogP contribution is 2.24. The number of hydrogen-bond donors (Lipinski definition) is 1. The van der Waals surface area contributed by atoms with Gasteiger partial charge in [0.25, 0.3) is 0 Å². The van der Waals surface area contributed by atoms with Crippen LogP contribution in [0.25, 0.3) is 0 Å². The molecule has 0 spiro atoms. The predicted molar refractivity (Wildman–Crippen MR) is 84.9 cm³/mol. The molecule has 19 heavy (non-hydrogen) atoms. The zero-order valence-electron chi connectivity index (χ0n) is 10.5. The SMILES string of the molecule is Fc1ccc(NCc2ccc3c(c2)CCC3)c(I)c1. The number of fused-ring (bicyclic) bond motifs is 1. The van der Waals surface area contributed by atoms with Gasteiger partial charge in [0.1, 0.15) is 5.82 Å². The fourth-order valence-electron chi connectivity index (χ4n) is 2.57. The van der Waals surface area contributed by atoms with Gasteiger partial charge in [0.05, 0.1) is 0 Å². The second-order valence-electron chi connectivity index (χ2n) is 4.93. The van der Waals surface area contributed by atoms with Gasteiger partial charge in [-0.2, -0.15) is 0 Å². The normalized spacial score (nSPS) is 13.4. The third-order valence-corrected chi connectivity index (χ3v) is 4.47. The van der Waals surface area contributed by atoms with E-state index in [1.54, 1.807) is 12.1 Å². The van der Waals surface area contributed by atoms with Crippen LogP contribution in [0.2, 0.25) is 0 Å². The first kappa shape index (κ1) is 12.9. The van der Waals surface area contributed by atoms with Gasteiger partial charge in [-0.15, -0.1) is 0 Å². The first-order valence-electron chi connectivity index (χ1n) is 6.52. The number of benzene rings is 2. The Bertz CT molecular complexity index is 610. The third-order valence-electron chi connectivity index (χ3n) is 3.58. The van der Waals surface area contributed by atoms with Gasteiger partial charge in [-0.3, -0.25) is 0 Å². The van der Waals surface area contributed by atoms with Gasteiger partial charge in [-0.25, -0.2) is 4.39 Å². The Hall–Kier alpha value is -1.10. The molecule has 98 valence electrons. The Morgan fingerprint density at radius 2 is 1.89 bits per heavy atom. The van der Waals surface area contributed by atoms with Gasteiger partial charge >= 0.3 is 0 Å². The summed E-state index contributed by atoms with van der Waals surface area (Å²) in [5.41, 5.74) is 5.27. The number of aryl methyl sites for hydroxylation is 2. The minimum absolute atomic E-state index is 0.188. The molecule has 0 aromatic heterocycles. The van der Waals surface area contributed by atoms with E-state index in [2.05, 4.69) is 46.1 Å². The quantitative estimate of drug-likeness (QED) is 0.786. The maximum absolute atomic E-state index is 13.0. The highest BCUT2D eigenvalue weighted by atomic mass is 127. The lowest BCUT2D eigenvalue weighted by Crippen LogP contribution is -2.02. The molecule has 0 atom stereocenters. The fourth-order valence-corrected chi connectivity index (χ4v) is 3.23. The first-order valence-corrected chi connectivity index (χ1v) is 7.60. The van der Waals surface area contributed by atoms with E-state index in [0.717, 1.165) is 15.8 Å². The van der Waals surface area contributed by atoms with E-state index in [4.69, 9.17) is 0 Å². The second kappa shape index (κ2) is 5.49. The molecule has 1 nitrogen and oxygen atoms in total. The molecule has 0 saturated carbocycles. The van der Waals surface area contributed by atoms with Crippen molar-refractivity contribution in [1.29, 1.82) is 0 Å². The molecule has 0 bridgehead atoms. The van der Waals surface area contributed by atoms with Gasteiger partial charge in [0, 0.05) is 15.8 Å². The summed E-state index contributed by atoms with van der Waals surface area (Å²) in [6.45, 7) is 0.787. The van der Waals surface area contributed by atoms with Crippen molar-refractivity contribution in [2.24, 2.45) is 0 Å². The van der Waals surface area contributed by atoms with Crippen LogP contribution in [0.4, 0.5) is 10.1 Å². The molecular formula is C16H15FIN. The van der Waals surface area contributed by atoms with Crippen molar-refractivity contribution in [1.82, 2.24) is 0 Å². The van der Waals surface area contributed by atoms with Gasteiger partial charge in [-0.1, -0.05) is 18.2 Å². The number of nitrogens with one attached hydrogen (secondary N) is 1. The summed E-state index contributed by atoms with van der Waals surface area (Å²) in [7, 11) is 0. The van der Waals surface area contributed by atoms with Crippen molar-refractivity contribution in [3.63, 3.8) is 0 Å². The van der Waals surface area contributed by atoms with E-state index in [1.165, 1.54) is 42.0 Å². The summed E-state index contributed by atoms with van der Waals surface area (Å²) >= 11 is 2.16. The minimum Gasteiger partial charge on any atom is -0.380 e. The van der Waals surface area contributed by atoms with E-state index in [1.807, 2.05) is 0 Å². The molecule has 0 amide bonds. The van der Waals surface area contributed by atoms with E-state index in [0.29, 0.717) is 0 Å². The van der Waals surface area contributed by atoms with Crippen molar-refractivity contribution in [2.75, 3.05) is 5.32 Å². The molecule has 3 heteroatoms. The largest absolute Gasteiger partial charge is 0.380 e. The minimum atomic E-state index is -0.188. The fraction of sp³-hybridized carbons (Fsp3) is 0.250. The molecule has 2 aromatic carbocycles. The monoisotopic (exact) mass is 367 g/mol. The van der Waals surface area contributed by atoms with Crippen molar-refractivity contribution in [2.45, 2.75) is 25.8 Å². The third kappa shape index (κ3) is 2.91. The standard InChI is InChI=1S/C16H15FIN/c17-14-6-7-16(15(18)9-14)19-10-11-4-5-12-2-1-3-13(12)8-11/h4-9,19H,1-3,10H2. The Kier molecular flexibility index (Phi) is 3.73. The summed E-state index contributed by atoms with van der Waals surface area (Å²) < 4.78 is 13.9. The molecule has 0 heterocycles. The molecule has 0 unspecified atom stereocenters. The van der Waals surface area contributed by atoms with E-state index >= 15 is 0 Å². The average molecular weight is 367 g/mol. The van der Waals surface area contributed by atoms with Crippen LogP contribution in [-0.2, 0) is 19.4 Å². The average Bonchev–Trinajstić information content (AvgIpc) is 2.85. The molecule has 0 saturated heterocycles. The summed E-state index contributed by atoms with van der Waals surface area (Å²) in [5.74, 6) is -0.188. The van der Waals surface area contributed by atoms with Crippen LogP contribution in [0, 0.1) is 9.39 Å². The van der Waals surface area contributed by atoms with Gasteiger partial charge in [0.2, 0.25) is 0 Å². The summed E-state index contributed by atoms with van der Waals surface area (Å²) in [6.07, 6.45) is 3.71.